The van der Waals surface area contributed by atoms with E-state index in [2.05, 4.69) is 17.6 Å². The summed E-state index contributed by atoms with van der Waals surface area (Å²) in [6.45, 7) is 0. The van der Waals surface area contributed by atoms with Crippen molar-refractivity contribution in [3.05, 3.63) is 5.38 Å². The predicted molar refractivity (Wildman–Crippen MR) is 33.8 cm³/mol. The number of thiazole rings is 1. The van der Waals surface area contributed by atoms with Crippen LogP contribution in [0.4, 0.5) is 5.13 Å². The summed E-state index contributed by atoms with van der Waals surface area (Å²) in [5.41, 5.74) is 5.24. The molecule has 0 aromatic carbocycles. The predicted octanol–water partition coefficient (Wildman–Crippen LogP) is 1.01. The third-order valence-corrected chi connectivity index (χ3v) is 1.59. The minimum absolute atomic E-state index is 0.574. The molecule has 0 aliphatic rings. The van der Waals surface area contributed by atoms with Crippen molar-refractivity contribution >= 4 is 29.1 Å². The molecule has 2 N–H and O–H groups in total. The quantitative estimate of drug-likeness (QED) is 0.517. The molecule has 38 valence electrons. The highest BCUT2D eigenvalue weighted by molar-refractivity contribution is 7.80. The maximum atomic E-state index is 5.24. The van der Waals surface area contributed by atoms with Crippen LogP contribution in [0.2, 0.25) is 0 Å². The number of hydrogen-bond donors (Lipinski definition) is 2. The topological polar surface area (TPSA) is 38.9 Å². The summed E-state index contributed by atoms with van der Waals surface area (Å²) >= 11 is 5.32. The van der Waals surface area contributed by atoms with Crippen LogP contribution in [0.5, 0.6) is 0 Å². The average Bonchev–Trinajstić information content (AvgIpc) is 1.87. The number of nitrogens with zero attached hydrogens (tertiary/aromatic N) is 1. The number of aromatic nitrogens is 1. The van der Waals surface area contributed by atoms with Gasteiger partial charge in [0.05, 0.1) is 0 Å². The van der Waals surface area contributed by atoms with Crippen LogP contribution < -0.4 is 5.73 Å². The maximum absolute atomic E-state index is 5.24. The first-order valence-corrected chi connectivity index (χ1v) is 3.01. The molecule has 0 unspecified atom stereocenters. The molecule has 0 atom stereocenters. The first-order valence-electron chi connectivity index (χ1n) is 1.69. The van der Waals surface area contributed by atoms with Crippen LogP contribution in [0.3, 0.4) is 0 Å². The van der Waals surface area contributed by atoms with Crippen LogP contribution in [0, 0.1) is 0 Å². The molecule has 2 nitrogen and oxygen atoms in total. The minimum Gasteiger partial charge on any atom is -0.375 e. The number of rotatable bonds is 0. The van der Waals surface area contributed by atoms with Crippen LogP contribution in [-0.4, -0.2) is 4.98 Å². The highest BCUT2D eigenvalue weighted by Gasteiger charge is 1.87. The minimum atomic E-state index is 0.574. The summed E-state index contributed by atoms with van der Waals surface area (Å²) in [6.07, 6.45) is 0. The number of nitrogens with two attached hydrogens (primary N) is 1. The molecule has 0 radical (unpaired) electrons. The Kier molecular flexibility index (Phi) is 1.21. The molecule has 0 fully saturated rings. The van der Waals surface area contributed by atoms with Crippen LogP contribution in [0.25, 0.3) is 0 Å². The lowest BCUT2D eigenvalue weighted by molar-refractivity contribution is 1.22. The number of nitrogen functional groups attached to an aromatic ring is 1. The van der Waals surface area contributed by atoms with Gasteiger partial charge in [-0.1, -0.05) is 0 Å². The summed E-state index contributed by atoms with van der Waals surface area (Å²) in [4.78, 5) is 3.77. The second kappa shape index (κ2) is 1.71. The molecule has 1 heterocycles. The van der Waals surface area contributed by atoms with Gasteiger partial charge in [-0.05, 0) is 0 Å². The number of thiol groups is 1. The largest absolute Gasteiger partial charge is 0.375 e. The van der Waals surface area contributed by atoms with Gasteiger partial charge in [0, 0.05) is 5.38 Å². The molecule has 0 amide bonds. The fraction of sp³-hybridized carbons (Fsp3) is 0. The normalized spacial score (nSPS) is 9.29. The Balaban J connectivity index is 3.04. The van der Waals surface area contributed by atoms with Crippen LogP contribution in [0.1, 0.15) is 0 Å². The van der Waals surface area contributed by atoms with Gasteiger partial charge in [-0.15, -0.1) is 24.0 Å². The van der Waals surface area contributed by atoms with Crippen molar-refractivity contribution in [3.8, 4) is 0 Å². The first kappa shape index (κ1) is 4.93. The van der Waals surface area contributed by atoms with Crippen molar-refractivity contribution in [1.82, 2.24) is 4.98 Å². The molecule has 7 heavy (non-hydrogen) atoms. The van der Waals surface area contributed by atoms with E-state index in [0.29, 0.717) is 10.2 Å². The first-order chi connectivity index (χ1) is 3.29. The number of hydrogen-bond acceptors (Lipinski definition) is 4. The smallest absolute Gasteiger partial charge is 0.181 e. The van der Waals surface area contributed by atoms with Gasteiger partial charge in [0.15, 0.2) is 5.13 Å². The zero-order valence-corrected chi connectivity index (χ0v) is 5.17. The molecule has 0 bridgehead atoms. The Morgan fingerprint density at radius 3 is 2.71 bits per heavy atom. The highest BCUT2D eigenvalue weighted by Crippen LogP contribution is 2.12. The molecule has 0 saturated carbocycles. The van der Waals surface area contributed by atoms with Gasteiger partial charge in [0.2, 0.25) is 0 Å². The zero-order valence-electron chi connectivity index (χ0n) is 3.46. The van der Waals surface area contributed by atoms with Crippen molar-refractivity contribution in [2.45, 2.75) is 5.03 Å². The monoisotopic (exact) mass is 132 g/mol. The lowest BCUT2D eigenvalue weighted by Gasteiger charge is -1.71. The van der Waals surface area contributed by atoms with E-state index in [0.717, 1.165) is 0 Å². The molecule has 0 saturated heterocycles. The van der Waals surface area contributed by atoms with E-state index >= 15 is 0 Å². The molecule has 0 aliphatic heterocycles. The third kappa shape index (κ3) is 1.07. The van der Waals surface area contributed by atoms with Gasteiger partial charge in [0.1, 0.15) is 5.03 Å². The zero-order chi connectivity index (χ0) is 5.28. The van der Waals surface area contributed by atoms with E-state index in [4.69, 9.17) is 5.73 Å². The van der Waals surface area contributed by atoms with Gasteiger partial charge in [-0.3, -0.25) is 0 Å². The van der Waals surface area contributed by atoms with Gasteiger partial charge >= 0.3 is 0 Å². The fourth-order valence-electron chi connectivity index (χ4n) is 0.279. The molecule has 0 aliphatic carbocycles. The van der Waals surface area contributed by atoms with E-state index in [1.54, 1.807) is 5.38 Å². The lowest BCUT2D eigenvalue weighted by Crippen LogP contribution is -1.78. The van der Waals surface area contributed by atoms with Crippen molar-refractivity contribution in [2.24, 2.45) is 0 Å². The SMILES string of the molecule is Nc1nc(S)cs1. The third-order valence-electron chi connectivity index (χ3n) is 0.510. The van der Waals surface area contributed by atoms with Gasteiger partial charge in [-0.25, -0.2) is 4.98 Å². The molecule has 1 aromatic heterocycles. The Bertz CT molecular complexity index is 143. The maximum Gasteiger partial charge on any atom is 0.181 e. The van der Waals surface area contributed by atoms with Crippen molar-refractivity contribution < 1.29 is 0 Å². The summed E-state index contributed by atoms with van der Waals surface area (Å²) in [5.74, 6) is 0. The second-order valence-electron chi connectivity index (χ2n) is 1.04. The fourth-order valence-corrected chi connectivity index (χ4v) is 1.04. The van der Waals surface area contributed by atoms with E-state index in [9.17, 15) is 0 Å². The summed E-state index contributed by atoms with van der Waals surface area (Å²) < 4.78 is 0. The standard InChI is InChI=1S/C3H4N2S2/c4-3-5-2(6)1-7-3/h1,6H,(H2,4,5). The summed E-state index contributed by atoms with van der Waals surface area (Å²) in [6, 6.07) is 0. The Morgan fingerprint density at radius 1 is 1.86 bits per heavy atom. The van der Waals surface area contributed by atoms with Crippen LogP contribution >= 0.6 is 24.0 Å². The Morgan fingerprint density at radius 2 is 2.57 bits per heavy atom. The molecule has 0 spiro atoms. The van der Waals surface area contributed by atoms with E-state index in [1.165, 1.54) is 11.3 Å². The molecular formula is C3H4N2S2. The second-order valence-corrected chi connectivity index (χ2v) is 2.39. The molecule has 1 rings (SSSR count). The van der Waals surface area contributed by atoms with Crippen molar-refractivity contribution in [1.29, 1.82) is 0 Å². The van der Waals surface area contributed by atoms with Gasteiger partial charge < -0.3 is 5.73 Å². The van der Waals surface area contributed by atoms with Crippen LogP contribution in [0.15, 0.2) is 10.4 Å². The molecule has 1 aromatic rings. The van der Waals surface area contributed by atoms with E-state index in [1.807, 2.05) is 0 Å². The summed E-state index contributed by atoms with van der Waals surface area (Å²) in [7, 11) is 0. The van der Waals surface area contributed by atoms with Crippen LogP contribution in [-0.2, 0) is 0 Å². The highest BCUT2D eigenvalue weighted by atomic mass is 32.1. The lowest BCUT2D eigenvalue weighted by atomic mass is 11.0. The van der Waals surface area contributed by atoms with E-state index in [-0.39, 0.29) is 0 Å². The summed E-state index contributed by atoms with van der Waals surface area (Å²) in [5, 5.41) is 3.06. The van der Waals surface area contributed by atoms with E-state index < -0.39 is 0 Å². The van der Waals surface area contributed by atoms with Crippen molar-refractivity contribution in [2.75, 3.05) is 5.73 Å². The van der Waals surface area contributed by atoms with Crippen molar-refractivity contribution in [3.63, 3.8) is 0 Å². The Hall–Kier alpha value is -0.220. The molecule has 4 heteroatoms. The average molecular weight is 132 g/mol. The number of anilines is 1. The van der Waals surface area contributed by atoms with Gasteiger partial charge in [0.25, 0.3) is 0 Å². The Labute approximate surface area is 50.8 Å². The van der Waals surface area contributed by atoms with Gasteiger partial charge in [-0.2, -0.15) is 0 Å². The molecular weight excluding hydrogens is 128 g/mol.